The second-order valence-corrected chi connectivity index (χ2v) is 3.10. The van der Waals surface area contributed by atoms with Crippen LogP contribution >= 0.6 is 11.6 Å². The Morgan fingerprint density at radius 3 is 3.08 bits per heavy atom. The van der Waals surface area contributed by atoms with Gasteiger partial charge in [0, 0.05) is 5.39 Å². The minimum absolute atomic E-state index is 0.341. The smallest absolute Gasteiger partial charge is 0.243 e. The normalized spacial score (nSPS) is 10.2. The lowest BCUT2D eigenvalue weighted by molar-refractivity contribution is 0.612. The highest BCUT2D eigenvalue weighted by molar-refractivity contribution is 6.34. The van der Waals surface area contributed by atoms with Crippen molar-refractivity contribution in [2.45, 2.75) is 6.54 Å². The van der Waals surface area contributed by atoms with Gasteiger partial charge in [-0.1, -0.05) is 23.7 Å². The van der Waals surface area contributed by atoms with E-state index in [1.165, 1.54) is 0 Å². The Kier molecular flexibility index (Phi) is 1.96. The minimum Gasteiger partial charge on any atom is -0.462 e. The molecule has 13 heavy (non-hydrogen) atoms. The number of nitrogens with zero attached hydrogens (tertiary/aromatic N) is 1. The number of halogens is 1. The summed E-state index contributed by atoms with van der Waals surface area (Å²) in [5.41, 5.74) is 1.57. The first-order valence-electron chi connectivity index (χ1n) is 3.80. The van der Waals surface area contributed by atoms with Crippen molar-refractivity contribution in [2.75, 3.05) is 0 Å². The zero-order valence-corrected chi connectivity index (χ0v) is 7.51. The Bertz CT molecular complexity index is 481. The lowest BCUT2D eigenvalue weighted by Gasteiger charge is -1.90. The molecule has 1 heterocycles. The molecule has 2 nitrogen and oxygen atoms in total. The number of benzene rings is 1. The highest BCUT2D eigenvalue weighted by atomic mass is 35.5. The van der Waals surface area contributed by atoms with Gasteiger partial charge < -0.3 is 9.26 Å². The zero-order chi connectivity index (χ0) is 9.26. The van der Waals surface area contributed by atoms with Crippen LogP contribution in [0.3, 0.4) is 0 Å². The van der Waals surface area contributed by atoms with Gasteiger partial charge in [-0.3, -0.25) is 0 Å². The summed E-state index contributed by atoms with van der Waals surface area (Å²) in [6.07, 6.45) is 1.59. The van der Waals surface area contributed by atoms with Crippen molar-refractivity contribution in [1.29, 1.82) is 0 Å². The van der Waals surface area contributed by atoms with Crippen LogP contribution in [-0.2, 0) is 6.54 Å². The maximum absolute atomic E-state index is 6.76. The molecule has 0 atom stereocenters. The van der Waals surface area contributed by atoms with Crippen molar-refractivity contribution in [3.8, 4) is 0 Å². The van der Waals surface area contributed by atoms with Gasteiger partial charge in [-0.25, -0.2) is 6.57 Å². The quantitative estimate of drug-likeness (QED) is 0.631. The molecule has 0 spiro atoms. The third-order valence-corrected chi connectivity index (χ3v) is 2.18. The molecule has 0 radical (unpaired) electrons. The second-order valence-electron chi connectivity index (χ2n) is 2.69. The molecule has 0 aliphatic heterocycles. The molecule has 0 saturated carbocycles. The molecule has 0 unspecified atom stereocenters. The fourth-order valence-electron chi connectivity index (χ4n) is 1.28. The summed E-state index contributed by atoms with van der Waals surface area (Å²) in [5.74, 6) is 0. The average molecular weight is 192 g/mol. The van der Waals surface area contributed by atoms with Gasteiger partial charge in [0.2, 0.25) is 6.54 Å². The summed E-state index contributed by atoms with van der Waals surface area (Å²) in [5, 5.41) is 1.53. The van der Waals surface area contributed by atoms with E-state index >= 15 is 0 Å². The van der Waals surface area contributed by atoms with Crippen molar-refractivity contribution >= 4 is 22.6 Å². The van der Waals surface area contributed by atoms with Crippen LogP contribution in [-0.4, -0.2) is 0 Å². The Balaban J connectivity index is 2.70. The number of para-hydroxylation sites is 1. The molecule has 0 amide bonds. The van der Waals surface area contributed by atoms with Crippen LogP contribution in [0.4, 0.5) is 0 Å². The third kappa shape index (κ3) is 1.28. The molecular formula is C10H6ClNO. The Morgan fingerprint density at radius 1 is 1.46 bits per heavy atom. The summed E-state index contributed by atoms with van der Waals surface area (Å²) in [6.45, 7) is 7.10. The summed E-state index contributed by atoms with van der Waals surface area (Å²) in [4.78, 5) is 3.30. The van der Waals surface area contributed by atoms with Crippen molar-refractivity contribution < 1.29 is 4.42 Å². The van der Waals surface area contributed by atoms with E-state index in [-0.39, 0.29) is 0 Å². The maximum Gasteiger partial charge on any atom is 0.243 e. The fourth-order valence-corrected chi connectivity index (χ4v) is 1.50. The van der Waals surface area contributed by atoms with Crippen LogP contribution in [0.25, 0.3) is 15.8 Å². The first-order chi connectivity index (χ1) is 6.33. The van der Waals surface area contributed by atoms with Crippen LogP contribution in [0.1, 0.15) is 5.56 Å². The van der Waals surface area contributed by atoms with Crippen molar-refractivity contribution in [3.05, 3.63) is 46.5 Å². The van der Waals surface area contributed by atoms with E-state index in [9.17, 15) is 0 Å². The van der Waals surface area contributed by atoms with Crippen LogP contribution < -0.4 is 0 Å². The third-order valence-electron chi connectivity index (χ3n) is 1.88. The summed E-state index contributed by atoms with van der Waals surface area (Å²) in [6, 6.07) is 5.54. The van der Waals surface area contributed by atoms with E-state index in [0.29, 0.717) is 17.2 Å². The van der Waals surface area contributed by atoms with Crippen LogP contribution in [0, 0.1) is 6.57 Å². The molecule has 0 aliphatic rings. The summed E-state index contributed by atoms with van der Waals surface area (Å²) >= 11 is 5.90. The van der Waals surface area contributed by atoms with E-state index in [4.69, 9.17) is 22.6 Å². The standard InChI is InChI=1S/C10H6ClNO/c1-12-5-7-6-13-10-8(7)3-2-4-9(10)11/h2-4,6H,5H2. The first kappa shape index (κ1) is 8.15. The number of hydrogen-bond donors (Lipinski definition) is 0. The maximum atomic E-state index is 6.76. The van der Waals surface area contributed by atoms with E-state index < -0.39 is 0 Å². The van der Waals surface area contributed by atoms with E-state index in [1.54, 1.807) is 12.3 Å². The molecule has 64 valence electrons. The molecule has 1 aromatic carbocycles. The van der Waals surface area contributed by atoms with Crippen LogP contribution in [0.15, 0.2) is 28.9 Å². The predicted octanol–water partition coefficient (Wildman–Crippen LogP) is 3.51. The van der Waals surface area contributed by atoms with E-state index in [0.717, 1.165) is 10.9 Å². The number of furan rings is 1. The molecular weight excluding hydrogens is 186 g/mol. The lowest BCUT2D eigenvalue weighted by atomic mass is 10.2. The van der Waals surface area contributed by atoms with Crippen molar-refractivity contribution in [3.63, 3.8) is 0 Å². The highest BCUT2D eigenvalue weighted by Crippen LogP contribution is 2.27. The lowest BCUT2D eigenvalue weighted by Crippen LogP contribution is -1.74. The van der Waals surface area contributed by atoms with Crippen LogP contribution in [0.2, 0.25) is 5.02 Å². The Hall–Kier alpha value is -1.46. The van der Waals surface area contributed by atoms with Gasteiger partial charge in [0.25, 0.3) is 0 Å². The predicted molar refractivity (Wildman–Crippen MR) is 51.5 cm³/mol. The fraction of sp³-hybridized carbons (Fsp3) is 0.100. The van der Waals surface area contributed by atoms with Crippen LogP contribution in [0.5, 0.6) is 0 Å². The molecule has 0 aliphatic carbocycles. The molecule has 0 fully saturated rings. The summed E-state index contributed by atoms with van der Waals surface area (Å²) < 4.78 is 5.26. The topological polar surface area (TPSA) is 17.5 Å². The van der Waals surface area contributed by atoms with Crippen molar-refractivity contribution in [1.82, 2.24) is 0 Å². The van der Waals surface area contributed by atoms with Gasteiger partial charge in [-0.2, -0.15) is 0 Å². The summed E-state index contributed by atoms with van der Waals surface area (Å²) in [7, 11) is 0. The SMILES string of the molecule is [C-]#[N+]Cc1coc2c(Cl)cccc12. The highest BCUT2D eigenvalue weighted by Gasteiger charge is 2.09. The molecule has 2 aromatic rings. The molecule has 0 bridgehead atoms. The van der Waals surface area contributed by atoms with Gasteiger partial charge >= 0.3 is 0 Å². The number of fused-ring (bicyclic) bond motifs is 1. The van der Waals surface area contributed by atoms with Gasteiger partial charge in [-0.05, 0) is 6.07 Å². The molecule has 0 saturated heterocycles. The Morgan fingerprint density at radius 2 is 2.31 bits per heavy atom. The molecule has 2 rings (SSSR count). The minimum atomic E-state index is 0.341. The van der Waals surface area contributed by atoms with Crippen molar-refractivity contribution in [2.24, 2.45) is 0 Å². The molecule has 3 heteroatoms. The largest absolute Gasteiger partial charge is 0.462 e. The van der Waals surface area contributed by atoms with E-state index in [2.05, 4.69) is 4.85 Å². The first-order valence-corrected chi connectivity index (χ1v) is 4.18. The van der Waals surface area contributed by atoms with Gasteiger partial charge in [0.05, 0.1) is 10.6 Å². The monoisotopic (exact) mass is 191 g/mol. The van der Waals surface area contributed by atoms with Gasteiger partial charge in [0.1, 0.15) is 6.26 Å². The molecule has 1 aromatic heterocycles. The zero-order valence-electron chi connectivity index (χ0n) is 6.75. The van der Waals surface area contributed by atoms with E-state index in [1.807, 2.05) is 12.1 Å². The molecule has 0 N–H and O–H groups in total. The number of rotatable bonds is 1. The van der Waals surface area contributed by atoms with Gasteiger partial charge in [0.15, 0.2) is 5.58 Å². The van der Waals surface area contributed by atoms with Gasteiger partial charge in [-0.15, -0.1) is 0 Å². The Labute approximate surface area is 80.5 Å². The number of hydrogen-bond acceptors (Lipinski definition) is 1. The average Bonchev–Trinajstić information content (AvgIpc) is 2.51. The second kappa shape index (κ2) is 3.12.